The molecule has 8 heteroatoms. The molecule has 136 valence electrons. The van der Waals surface area contributed by atoms with Crippen molar-refractivity contribution in [2.75, 3.05) is 5.32 Å². The van der Waals surface area contributed by atoms with Gasteiger partial charge < -0.3 is 5.32 Å². The fraction of sp³-hybridized carbons (Fsp3) is 0.158. The maximum absolute atomic E-state index is 12.3. The van der Waals surface area contributed by atoms with Gasteiger partial charge in [0.1, 0.15) is 0 Å². The number of nitrogens with zero attached hydrogens (tertiary/aromatic N) is 3. The Labute approximate surface area is 153 Å². The molecule has 0 unspecified atom stereocenters. The number of hydrogen-bond donors (Lipinski definition) is 2. The van der Waals surface area contributed by atoms with Crippen LogP contribution in [0.2, 0.25) is 0 Å². The number of amides is 1. The van der Waals surface area contributed by atoms with Crippen molar-refractivity contribution >= 4 is 22.5 Å². The molecule has 0 fully saturated rings. The van der Waals surface area contributed by atoms with Crippen LogP contribution in [-0.4, -0.2) is 25.8 Å². The Morgan fingerprint density at radius 2 is 1.96 bits per heavy atom. The average Bonchev–Trinajstić information content (AvgIpc) is 3.22. The highest BCUT2D eigenvalue weighted by Gasteiger charge is 2.07. The lowest BCUT2D eigenvalue weighted by molar-refractivity contribution is -0.115. The largest absolute Gasteiger partial charge is 0.438 e. The number of anilines is 1. The van der Waals surface area contributed by atoms with E-state index in [9.17, 15) is 9.59 Å². The molecule has 0 aliphatic carbocycles. The molecule has 2 heterocycles. The van der Waals surface area contributed by atoms with Gasteiger partial charge in [-0.05, 0) is 35.4 Å². The van der Waals surface area contributed by atoms with Crippen LogP contribution in [0, 0.1) is 0 Å². The molecule has 0 atom stereocenters. The normalized spacial score (nSPS) is 11.0. The summed E-state index contributed by atoms with van der Waals surface area (Å²) < 4.78 is 6.28. The van der Waals surface area contributed by atoms with Crippen LogP contribution in [-0.2, 0) is 24.7 Å². The van der Waals surface area contributed by atoms with Crippen LogP contribution in [0.5, 0.6) is 0 Å². The van der Waals surface area contributed by atoms with Crippen LogP contribution in [0.15, 0.2) is 58.0 Å². The first-order valence-electron chi connectivity index (χ1n) is 8.41. The molecule has 0 aliphatic heterocycles. The zero-order chi connectivity index (χ0) is 18.8. The van der Waals surface area contributed by atoms with Crippen molar-refractivity contribution in [2.24, 2.45) is 7.05 Å². The third-order valence-electron chi connectivity index (χ3n) is 4.27. The van der Waals surface area contributed by atoms with Crippen molar-refractivity contribution in [3.63, 3.8) is 0 Å². The minimum Gasteiger partial charge on any atom is -0.326 e. The third kappa shape index (κ3) is 3.79. The van der Waals surface area contributed by atoms with E-state index in [2.05, 4.69) is 25.1 Å². The van der Waals surface area contributed by atoms with Gasteiger partial charge in [-0.3, -0.25) is 19.0 Å². The topological polar surface area (TPSA) is 106 Å². The van der Waals surface area contributed by atoms with Gasteiger partial charge in [-0.15, -0.1) is 0 Å². The molecule has 0 saturated heterocycles. The summed E-state index contributed by atoms with van der Waals surface area (Å²) in [5.74, 6) is -0.201. The van der Waals surface area contributed by atoms with E-state index in [1.165, 1.54) is 0 Å². The van der Waals surface area contributed by atoms with E-state index in [0.717, 1.165) is 22.0 Å². The number of aryl methyl sites for hydroxylation is 1. The number of nitrogens with one attached hydrogen (secondary N) is 2. The van der Waals surface area contributed by atoms with E-state index in [4.69, 9.17) is 0 Å². The molecule has 4 rings (SSSR count). The van der Waals surface area contributed by atoms with Crippen molar-refractivity contribution < 1.29 is 9.32 Å². The molecule has 27 heavy (non-hydrogen) atoms. The number of carbonyl (C=O) groups excluding carboxylic acids is 1. The fourth-order valence-electron chi connectivity index (χ4n) is 2.95. The quantitative estimate of drug-likeness (QED) is 0.564. The lowest BCUT2D eigenvalue weighted by Crippen LogP contribution is -2.14. The minimum absolute atomic E-state index is 0.0909. The minimum atomic E-state index is -0.571. The van der Waals surface area contributed by atoms with Crippen molar-refractivity contribution in [1.29, 1.82) is 0 Å². The molecule has 0 radical (unpaired) electrons. The van der Waals surface area contributed by atoms with Gasteiger partial charge in [-0.25, -0.2) is 4.79 Å². The van der Waals surface area contributed by atoms with Gasteiger partial charge in [0.25, 0.3) is 0 Å². The number of carbonyl (C=O) groups is 1. The highest BCUT2D eigenvalue weighted by atomic mass is 16.5. The Balaban J connectivity index is 1.39. The second-order valence-corrected chi connectivity index (χ2v) is 6.30. The van der Waals surface area contributed by atoms with Crippen molar-refractivity contribution in [2.45, 2.75) is 12.8 Å². The number of hydrogen-bond acceptors (Lipinski definition) is 5. The molecule has 0 aliphatic rings. The first-order chi connectivity index (χ1) is 13.1. The molecular weight excluding hydrogens is 346 g/mol. The number of aromatic nitrogens is 4. The summed E-state index contributed by atoms with van der Waals surface area (Å²) in [5, 5.41) is 11.7. The highest BCUT2D eigenvalue weighted by Crippen LogP contribution is 2.16. The van der Waals surface area contributed by atoms with Crippen molar-refractivity contribution in [3.8, 4) is 0 Å². The Morgan fingerprint density at radius 3 is 2.70 bits per heavy atom. The Kier molecular flexibility index (Phi) is 4.29. The van der Waals surface area contributed by atoms with E-state index < -0.39 is 5.76 Å². The molecule has 2 aromatic carbocycles. The molecule has 8 nitrogen and oxygen atoms in total. The van der Waals surface area contributed by atoms with Crippen LogP contribution >= 0.6 is 0 Å². The maximum atomic E-state index is 12.3. The number of fused-ring (bicyclic) bond motifs is 1. The molecule has 1 amide bonds. The van der Waals surface area contributed by atoms with E-state index >= 15 is 0 Å². The second-order valence-electron chi connectivity index (χ2n) is 6.30. The van der Waals surface area contributed by atoms with Gasteiger partial charge in [0.2, 0.25) is 5.91 Å². The average molecular weight is 363 g/mol. The number of rotatable bonds is 5. The summed E-state index contributed by atoms with van der Waals surface area (Å²) in [6.45, 7) is 0. The molecule has 4 aromatic rings. The summed E-state index contributed by atoms with van der Waals surface area (Å²) >= 11 is 0. The van der Waals surface area contributed by atoms with Gasteiger partial charge in [-0.1, -0.05) is 23.4 Å². The van der Waals surface area contributed by atoms with Crippen LogP contribution in [0.25, 0.3) is 10.9 Å². The number of benzene rings is 2. The summed E-state index contributed by atoms with van der Waals surface area (Å²) in [5.41, 5.74) is 3.61. The van der Waals surface area contributed by atoms with E-state index in [-0.39, 0.29) is 12.3 Å². The standard InChI is InChI=1S/C19H17N5O3/c1-24-16-7-4-13(8-14(16)11-20-24)10-18(25)21-15-5-2-12(3-6-15)9-17-22-19(26)27-23-17/h2-8,11H,9-10H2,1H3,(H,21,25)(H,22,23,26). The van der Waals surface area contributed by atoms with Gasteiger partial charge in [-0.2, -0.15) is 5.10 Å². The summed E-state index contributed by atoms with van der Waals surface area (Å²) in [6.07, 6.45) is 2.52. The zero-order valence-corrected chi connectivity index (χ0v) is 14.6. The van der Waals surface area contributed by atoms with E-state index in [0.29, 0.717) is 17.9 Å². The Hall–Kier alpha value is -3.68. The predicted molar refractivity (Wildman–Crippen MR) is 99.4 cm³/mol. The van der Waals surface area contributed by atoms with Gasteiger partial charge >= 0.3 is 5.76 Å². The molecule has 2 aromatic heterocycles. The Bertz CT molecular complexity index is 1150. The molecule has 0 spiro atoms. The number of H-pyrrole nitrogens is 1. The van der Waals surface area contributed by atoms with Gasteiger partial charge in [0.15, 0.2) is 5.82 Å². The second kappa shape index (κ2) is 6.91. The van der Waals surface area contributed by atoms with Crippen molar-refractivity contribution in [3.05, 3.63) is 76.2 Å². The van der Waals surface area contributed by atoms with Crippen LogP contribution in [0.4, 0.5) is 5.69 Å². The molecule has 2 N–H and O–H groups in total. The lowest BCUT2D eigenvalue weighted by Gasteiger charge is -2.07. The monoisotopic (exact) mass is 363 g/mol. The number of aromatic amines is 1. The third-order valence-corrected chi connectivity index (χ3v) is 4.27. The van der Waals surface area contributed by atoms with E-state index in [1.54, 1.807) is 10.9 Å². The van der Waals surface area contributed by atoms with Crippen LogP contribution < -0.4 is 11.1 Å². The van der Waals surface area contributed by atoms with Crippen LogP contribution in [0.3, 0.4) is 0 Å². The highest BCUT2D eigenvalue weighted by molar-refractivity contribution is 5.93. The van der Waals surface area contributed by atoms with Gasteiger partial charge in [0, 0.05) is 24.5 Å². The fourth-order valence-corrected chi connectivity index (χ4v) is 2.95. The van der Waals surface area contributed by atoms with Gasteiger partial charge in [0.05, 0.1) is 18.1 Å². The molecular formula is C19H17N5O3. The van der Waals surface area contributed by atoms with Crippen molar-refractivity contribution in [1.82, 2.24) is 19.9 Å². The smallest absolute Gasteiger partial charge is 0.326 e. The zero-order valence-electron chi connectivity index (χ0n) is 14.6. The summed E-state index contributed by atoms with van der Waals surface area (Å²) in [6, 6.07) is 13.2. The predicted octanol–water partition coefficient (Wildman–Crippen LogP) is 2.02. The SMILES string of the molecule is Cn1ncc2cc(CC(=O)Nc3ccc(Cc4noc(=O)[nH]4)cc3)ccc21. The van der Waals surface area contributed by atoms with Crippen LogP contribution in [0.1, 0.15) is 17.0 Å². The Morgan fingerprint density at radius 1 is 1.19 bits per heavy atom. The molecule has 0 bridgehead atoms. The first kappa shape index (κ1) is 16.8. The first-order valence-corrected chi connectivity index (χ1v) is 8.41. The molecule has 0 saturated carbocycles. The lowest BCUT2D eigenvalue weighted by atomic mass is 10.1. The summed E-state index contributed by atoms with van der Waals surface area (Å²) in [4.78, 5) is 25.8. The van der Waals surface area contributed by atoms with E-state index in [1.807, 2.05) is 49.5 Å². The maximum Gasteiger partial charge on any atom is 0.438 e. The summed E-state index contributed by atoms with van der Waals surface area (Å²) in [7, 11) is 1.89.